The van der Waals surface area contributed by atoms with Crippen LogP contribution in [0.15, 0.2) is 109 Å². The second kappa shape index (κ2) is 11.2. The lowest BCUT2D eigenvalue weighted by Crippen LogP contribution is -2.06. The normalized spacial score (nSPS) is 10.8. The van der Waals surface area contributed by atoms with Crippen LogP contribution in [0.1, 0.15) is 28.4 Å². The van der Waals surface area contributed by atoms with E-state index in [9.17, 15) is 5.11 Å². The Kier molecular flexibility index (Phi) is 7.56. The molecule has 0 atom stereocenters. The van der Waals surface area contributed by atoms with Crippen LogP contribution in [0.4, 0.5) is 11.4 Å². The summed E-state index contributed by atoms with van der Waals surface area (Å²) in [5, 5.41) is 17.7. The fourth-order valence-electron chi connectivity index (χ4n) is 3.75. The van der Waals surface area contributed by atoms with Gasteiger partial charge in [-0.3, -0.25) is 0 Å². The van der Waals surface area contributed by atoms with E-state index in [4.69, 9.17) is 0 Å². The Bertz CT molecular complexity index is 973. The van der Waals surface area contributed by atoms with Crippen molar-refractivity contribution < 1.29 is 5.11 Å². The molecule has 0 amide bonds. The van der Waals surface area contributed by atoms with Crippen molar-refractivity contribution in [3.63, 3.8) is 0 Å². The number of hydrogen-bond acceptors (Lipinski definition) is 3. The molecule has 0 aromatic heterocycles. The van der Waals surface area contributed by atoms with Gasteiger partial charge in [0, 0.05) is 24.5 Å². The minimum absolute atomic E-state index is 0.633. The number of benzene rings is 4. The van der Waals surface area contributed by atoms with Crippen LogP contribution in [0.3, 0.4) is 0 Å². The molecule has 0 unspecified atom stereocenters. The molecule has 0 saturated carbocycles. The zero-order chi connectivity index (χ0) is 22.0. The van der Waals surface area contributed by atoms with E-state index in [1.165, 1.54) is 11.1 Å². The Hall–Kier alpha value is -3.56. The molecule has 32 heavy (non-hydrogen) atoms. The Morgan fingerprint density at radius 2 is 0.875 bits per heavy atom. The van der Waals surface area contributed by atoms with Gasteiger partial charge in [-0.1, -0.05) is 84.9 Å². The van der Waals surface area contributed by atoms with E-state index in [1.807, 2.05) is 60.7 Å². The van der Waals surface area contributed by atoms with Gasteiger partial charge in [-0.25, -0.2) is 0 Å². The maximum absolute atomic E-state index is 10.8. The quantitative estimate of drug-likeness (QED) is 0.290. The van der Waals surface area contributed by atoms with Gasteiger partial charge >= 0.3 is 0 Å². The fraction of sp³-hybridized carbons (Fsp3) is 0.172. The highest BCUT2D eigenvalue weighted by atomic mass is 16.3. The minimum Gasteiger partial charge on any atom is -0.385 e. The standard InChI is InChI=1S/C29H30N2O/c32-29(25-11-15-27(16-12-25)30-21-19-23-7-3-1-4-8-23)26-13-17-28(18-14-26)31-22-20-24-9-5-2-6-10-24/h1-18,29-32H,19-22H2. The molecule has 0 saturated heterocycles. The van der Waals surface area contributed by atoms with Gasteiger partial charge in [0.15, 0.2) is 0 Å². The van der Waals surface area contributed by atoms with E-state index < -0.39 is 6.10 Å². The summed E-state index contributed by atoms with van der Waals surface area (Å²) < 4.78 is 0. The Balaban J connectivity index is 1.26. The highest BCUT2D eigenvalue weighted by Crippen LogP contribution is 2.24. The fourth-order valence-corrected chi connectivity index (χ4v) is 3.75. The van der Waals surface area contributed by atoms with Gasteiger partial charge < -0.3 is 15.7 Å². The number of aliphatic hydroxyl groups is 1. The minimum atomic E-state index is -0.633. The lowest BCUT2D eigenvalue weighted by molar-refractivity contribution is 0.220. The SMILES string of the molecule is OC(c1ccc(NCCc2ccccc2)cc1)c1ccc(NCCc2ccccc2)cc1. The summed E-state index contributed by atoms with van der Waals surface area (Å²) in [6, 6.07) is 37.0. The third kappa shape index (κ3) is 6.22. The highest BCUT2D eigenvalue weighted by Gasteiger charge is 2.10. The van der Waals surface area contributed by atoms with Crippen LogP contribution >= 0.6 is 0 Å². The molecule has 0 spiro atoms. The Labute approximate surface area is 190 Å². The average Bonchev–Trinajstić information content (AvgIpc) is 2.86. The van der Waals surface area contributed by atoms with Crippen molar-refractivity contribution in [2.45, 2.75) is 18.9 Å². The average molecular weight is 423 g/mol. The smallest absolute Gasteiger partial charge is 0.104 e. The van der Waals surface area contributed by atoms with E-state index in [2.05, 4.69) is 59.2 Å². The molecule has 3 N–H and O–H groups in total. The van der Waals surface area contributed by atoms with Crippen molar-refractivity contribution in [1.82, 2.24) is 0 Å². The van der Waals surface area contributed by atoms with E-state index in [0.29, 0.717) is 0 Å². The maximum Gasteiger partial charge on any atom is 0.104 e. The summed E-state index contributed by atoms with van der Waals surface area (Å²) in [5.41, 5.74) is 6.56. The summed E-state index contributed by atoms with van der Waals surface area (Å²) in [6.45, 7) is 1.76. The first-order valence-electron chi connectivity index (χ1n) is 11.2. The second-order valence-corrected chi connectivity index (χ2v) is 7.97. The van der Waals surface area contributed by atoms with Gasteiger partial charge in [0.1, 0.15) is 6.10 Å². The number of nitrogens with one attached hydrogen (secondary N) is 2. The van der Waals surface area contributed by atoms with Crippen LogP contribution in [0.25, 0.3) is 0 Å². The molecule has 0 bridgehead atoms. The molecule has 4 rings (SSSR count). The van der Waals surface area contributed by atoms with Gasteiger partial charge in [-0.15, -0.1) is 0 Å². The molecule has 162 valence electrons. The first kappa shape index (κ1) is 21.7. The van der Waals surface area contributed by atoms with Crippen molar-refractivity contribution in [2.24, 2.45) is 0 Å². The van der Waals surface area contributed by atoms with Crippen LogP contribution < -0.4 is 10.6 Å². The summed E-state index contributed by atoms with van der Waals surface area (Å²) in [5.74, 6) is 0. The number of rotatable bonds is 10. The first-order chi connectivity index (χ1) is 15.8. The van der Waals surface area contributed by atoms with E-state index in [0.717, 1.165) is 48.4 Å². The van der Waals surface area contributed by atoms with Crippen LogP contribution in [-0.2, 0) is 12.8 Å². The number of hydrogen-bond donors (Lipinski definition) is 3. The molecule has 0 fully saturated rings. The van der Waals surface area contributed by atoms with Crippen LogP contribution in [0, 0.1) is 0 Å². The lowest BCUT2D eigenvalue weighted by Gasteiger charge is -2.14. The summed E-state index contributed by atoms with van der Waals surface area (Å²) >= 11 is 0. The van der Waals surface area contributed by atoms with Crippen molar-refractivity contribution in [3.05, 3.63) is 131 Å². The molecular weight excluding hydrogens is 392 g/mol. The molecule has 3 nitrogen and oxygen atoms in total. The monoisotopic (exact) mass is 422 g/mol. The molecule has 3 heteroatoms. The largest absolute Gasteiger partial charge is 0.385 e. The molecule has 4 aromatic rings. The van der Waals surface area contributed by atoms with Gasteiger partial charge in [-0.2, -0.15) is 0 Å². The van der Waals surface area contributed by atoms with Crippen molar-refractivity contribution in [3.8, 4) is 0 Å². The van der Waals surface area contributed by atoms with Crippen molar-refractivity contribution in [2.75, 3.05) is 23.7 Å². The second-order valence-electron chi connectivity index (χ2n) is 7.97. The summed E-state index contributed by atoms with van der Waals surface area (Å²) in [6.07, 6.45) is 1.33. The first-order valence-corrected chi connectivity index (χ1v) is 11.2. The molecule has 0 aliphatic carbocycles. The highest BCUT2D eigenvalue weighted by molar-refractivity contribution is 5.48. The van der Waals surface area contributed by atoms with E-state index >= 15 is 0 Å². The molecular formula is C29H30N2O. The van der Waals surface area contributed by atoms with Gasteiger partial charge in [0.05, 0.1) is 0 Å². The van der Waals surface area contributed by atoms with E-state index in [-0.39, 0.29) is 0 Å². The molecule has 0 aliphatic rings. The molecule has 4 aromatic carbocycles. The topological polar surface area (TPSA) is 44.3 Å². The van der Waals surface area contributed by atoms with Crippen LogP contribution in [0.2, 0.25) is 0 Å². The zero-order valence-corrected chi connectivity index (χ0v) is 18.2. The Morgan fingerprint density at radius 3 is 1.25 bits per heavy atom. The van der Waals surface area contributed by atoms with Crippen molar-refractivity contribution >= 4 is 11.4 Å². The lowest BCUT2D eigenvalue weighted by atomic mass is 10.0. The molecule has 0 heterocycles. The van der Waals surface area contributed by atoms with Gasteiger partial charge in [0.25, 0.3) is 0 Å². The molecule has 0 radical (unpaired) electrons. The van der Waals surface area contributed by atoms with Crippen LogP contribution in [0.5, 0.6) is 0 Å². The Morgan fingerprint density at radius 1 is 0.500 bits per heavy atom. The predicted molar refractivity (Wildman–Crippen MR) is 134 cm³/mol. The van der Waals surface area contributed by atoms with Crippen molar-refractivity contribution in [1.29, 1.82) is 0 Å². The summed E-state index contributed by atoms with van der Waals surface area (Å²) in [4.78, 5) is 0. The number of anilines is 2. The third-order valence-corrected chi connectivity index (χ3v) is 5.62. The van der Waals surface area contributed by atoms with Gasteiger partial charge in [-0.05, 0) is 59.4 Å². The molecule has 0 aliphatic heterocycles. The van der Waals surface area contributed by atoms with Gasteiger partial charge in [0.2, 0.25) is 0 Å². The van der Waals surface area contributed by atoms with Crippen LogP contribution in [-0.4, -0.2) is 18.2 Å². The maximum atomic E-state index is 10.8. The van der Waals surface area contributed by atoms with E-state index in [1.54, 1.807) is 0 Å². The predicted octanol–water partition coefficient (Wildman–Crippen LogP) is 6.08. The zero-order valence-electron chi connectivity index (χ0n) is 18.2. The number of aliphatic hydroxyl groups excluding tert-OH is 1. The third-order valence-electron chi connectivity index (χ3n) is 5.62. The summed E-state index contributed by atoms with van der Waals surface area (Å²) in [7, 11) is 0.